The van der Waals surface area contributed by atoms with Gasteiger partial charge in [-0.3, -0.25) is 14.5 Å². The Morgan fingerprint density at radius 2 is 1.78 bits per heavy atom. The summed E-state index contributed by atoms with van der Waals surface area (Å²) in [5.41, 5.74) is -0.445. The highest BCUT2D eigenvalue weighted by Gasteiger charge is 2.50. The van der Waals surface area contributed by atoms with E-state index in [1.807, 2.05) is 35.2 Å². The molecule has 1 aliphatic rings. The second-order valence-corrected chi connectivity index (χ2v) is 7.90. The van der Waals surface area contributed by atoms with Crippen molar-refractivity contribution in [3.05, 3.63) is 60.3 Å². The van der Waals surface area contributed by atoms with Crippen LogP contribution in [0.1, 0.15) is 37.7 Å². The molecule has 0 spiro atoms. The molecule has 1 aromatic carbocycles. The largest absolute Gasteiger partial charge is 0.481 e. The highest BCUT2D eigenvalue weighted by molar-refractivity contribution is 6.01. The minimum Gasteiger partial charge on any atom is -0.481 e. The Morgan fingerprint density at radius 1 is 1.12 bits per heavy atom. The summed E-state index contributed by atoms with van der Waals surface area (Å²) < 4.78 is 5.14. The molecule has 8 heteroatoms. The Morgan fingerprint density at radius 3 is 2.31 bits per heavy atom. The van der Waals surface area contributed by atoms with Gasteiger partial charge in [0.25, 0.3) is 0 Å². The lowest BCUT2D eigenvalue weighted by Crippen LogP contribution is -2.63. The number of carboxylic acid groups (broad SMARTS) is 1. The zero-order valence-corrected chi connectivity index (χ0v) is 18.4. The molecule has 8 nitrogen and oxygen atoms in total. The topological polar surface area (TPSA) is 100 Å². The van der Waals surface area contributed by atoms with Crippen LogP contribution in [0.3, 0.4) is 0 Å². The fraction of sp³-hybridized carbons (Fsp3) is 0.417. The second kappa shape index (κ2) is 10.4. The summed E-state index contributed by atoms with van der Waals surface area (Å²) >= 11 is 0. The van der Waals surface area contributed by atoms with Crippen molar-refractivity contribution in [3.8, 4) is 0 Å². The standard InChI is InChI=1S/C24H29N3O5/c1-3-21(28)27(20-11-7-8-14-25-20)24(23(31)32-2)12-15-26(16-13-24)17-19(22(29)30)18-9-5-4-6-10-18/h4-11,14,19H,3,12-13,15-17H2,1-2H3,(H,29,30). The first kappa shape index (κ1) is 23.4. The number of likely N-dealkylation sites (tertiary alicyclic amines) is 1. The van der Waals surface area contributed by atoms with E-state index in [9.17, 15) is 19.5 Å². The molecule has 1 saturated heterocycles. The molecule has 1 aliphatic heterocycles. The molecule has 1 amide bonds. The Hall–Kier alpha value is -3.26. The lowest BCUT2D eigenvalue weighted by molar-refractivity contribution is -0.151. The van der Waals surface area contributed by atoms with Crippen molar-refractivity contribution < 1.29 is 24.2 Å². The Balaban J connectivity index is 1.85. The van der Waals surface area contributed by atoms with Crippen LogP contribution in [-0.2, 0) is 19.1 Å². The lowest BCUT2D eigenvalue weighted by Gasteiger charge is -2.46. The van der Waals surface area contributed by atoms with Crippen LogP contribution in [0.25, 0.3) is 0 Å². The number of aliphatic carboxylic acids is 1. The van der Waals surface area contributed by atoms with Crippen LogP contribution < -0.4 is 4.90 Å². The number of piperidine rings is 1. The minimum atomic E-state index is -1.18. The zero-order valence-electron chi connectivity index (χ0n) is 18.4. The van der Waals surface area contributed by atoms with E-state index in [-0.39, 0.29) is 12.3 Å². The third-order valence-electron chi connectivity index (χ3n) is 6.05. The molecule has 0 radical (unpaired) electrons. The lowest BCUT2D eigenvalue weighted by atomic mass is 9.84. The van der Waals surface area contributed by atoms with Crippen LogP contribution in [0.5, 0.6) is 0 Å². The monoisotopic (exact) mass is 439 g/mol. The number of ether oxygens (including phenoxy) is 1. The predicted octanol–water partition coefficient (Wildman–Crippen LogP) is 2.70. The third-order valence-corrected chi connectivity index (χ3v) is 6.05. The van der Waals surface area contributed by atoms with Crippen molar-refractivity contribution in [1.29, 1.82) is 0 Å². The number of nitrogens with zero attached hydrogens (tertiary/aromatic N) is 3. The number of pyridine rings is 1. The fourth-order valence-electron chi connectivity index (χ4n) is 4.31. The Kier molecular flexibility index (Phi) is 7.58. The highest BCUT2D eigenvalue weighted by Crippen LogP contribution is 2.35. The molecular weight excluding hydrogens is 410 g/mol. The number of methoxy groups -OCH3 is 1. The van der Waals surface area contributed by atoms with E-state index in [0.717, 1.165) is 5.56 Å². The van der Waals surface area contributed by atoms with Gasteiger partial charge in [0.15, 0.2) is 0 Å². The number of carbonyl (C=O) groups is 3. The van der Waals surface area contributed by atoms with Crippen molar-refractivity contribution in [2.75, 3.05) is 31.6 Å². The number of esters is 1. The van der Waals surface area contributed by atoms with Crippen LogP contribution in [-0.4, -0.2) is 65.1 Å². The molecule has 2 heterocycles. The summed E-state index contributed by atoms with van der Waals surface area (Å²) in [6.07, 6.45) is 2.45. The average molecular weight is 440 g/mol. The van der Waals surface area contributed by atoms with E-state index in [0.29, 0.717) is 38.3 Å². The first-order chi connectivity index (χ1) is 15.4. The average Bonchev–Trinajstić information content (AvgIpc) is 2.83. The molecule has 3 rings (SSSR count). The summed E-state index contributed by atoms with van der Waals surface area (Å²) in [7, 11) is 1.32. The Labute approximate surface area is 187 Å². The molecule has 1 N–H and O–H groups in total. The number of amides is 1. The molecule has 1 aromatic heterocycles. The quantitative estimate of drug-likeness (QED) is 0.631. The van der Waals surface area contributed by atoms with Gasteiger partial charge in [-0.2, -0.15) is 0 Å². The van der Waals surface area contributed by atoms with Crippen molar-refractivity contribution in [2.24, 2.45) is 0 Å². The van der Waals surface area contributed by atoms with E-state index in [4.69, 9.17) is 4.74 Å². The summed E-state index contributed by atoms with van der Waals surface area (Å²) in [4.78, 5) is 45.7. The van der Waals surface area contributed by atoms with Crippen LogP contribution in [0.4, 0.5) is 5.82 Å². The van der Waals surface area contributed by atoms with E-state index in [1.165, 1.54) is 12.0 Å². The number of carbonyl (C=O) groups excluding carboxylic acids is 2. The van der Waals surface area contributed by atoms with Gasteiger partial charge in [0.05, 0.1) is 13.0 Å². The fourth-order valence-corrected chi connectivity index (χ4v) is 4.31. The smallest absolute Gasteiger partial charge is 0.332 e. The van der Waals surface area contributed by atoms with Gasteiger partial charge in [-0.1, -0.05) is 43.3 Å². The van der Waals surface area contributed by atoms with Gasteiger partial charge >= 0.3 is 11.9 Å². The van der Waals surface area contributed by atoms with Gasteiger partial charge in [-0.25, -0.2) is 9.78 Å². The maximum Gasteiger partial charge on any atom is 0.332 e. The van der Waals surface area contributed by atoms with Crippen molar-refractivity contribution in [2.45, 2.75) is 37.6 Å². The summed E-state index contributed by atoms with van der Waals surface area (Å²) in [6, 6.07) is 14.4. The van der Waals surface area contributed by atoms with E-state index < -0.39 is 23.4 Å². The first-order valence-corrected chi connectivity index (χ1v) is 10.8. The molecule has 170 valence electrons. The van der Waals surface area contributed by atoms with Gasteiger partial charge in [-0.05, 0) is 30.5 Å². The van der Waals surface area contributed by atoms with Gasteiger partial charge in [0.1, 0.15) is 11.4 Å². The molecular formula is C24H29N3O5. The normalized spacial score (nSPS) is 16.7. The van der Waals surface area contributed by atoms with Gasteiger partial charge in [-0.15, -0.1) is 0 Å². The molecule has 1 unspecified atom stereocenters. The van der Waals surface area contributed by atoms with E-state index >= 15 is 0 Å². The third kappa shape index (κ3) is 4.80. The van der Waals surface area contributed by atoms with Crippen molar-refractivity contribution in [1.82, 2.24) is 9.88 Å². The number of hydrogen-bond donors (Lipinski definition) is 1. The van der Waals surface area contributed by atoms with Gasteiger partial charge in [0, 0.05) is 32.3 Å². The minimum absolute atomic E-state index is 0.213. The van der Waals surface area contributed by atoms with Gasteiger partial charge < -0.3 is 14.7 Å². The number of rotatable bonds is 8. The van der Waals surface area contributed by atoms with E-state index in [2.05, 4.69) is 4.98 Å². The maximum absolute atomic E-state index is 13.0. The van der Waals surface area contributed by atoms with E-state index in [1.54, 1.807) is 31.3 Å². The summed E-state index contributed by atoms with van der Waals surface area (Å²) in [5.74, 6) is -1.85. The number of carboxylic acids is 1. The number of hydrogen-bond acceptors (Lipinski definition) is 6. The first-order valence-electron chi connectivity index (χ1n) is 10.8. The molecule has 1 atom stereocenters. The summed E-state index contributed by atoms with van der Waals surface area (Å²) in [5, 5.41) is 9.77. The van der Waals surface area contributed by atoms with Crippen molar-refractivity contribution >= 4 is 23.7 Å². The molecule has 0 saturated carbocycles. The highest BCUT2D eigenvalue weighted by atomic mass is 16.5. The SMILES string of the molecule is CCC(=O)N(c1ccccn1)C1(C(=O)OC)CCN(CC(C(=O)O)c2ccccc2)CC1. The van der Waals surface area contributed by atoms with Gasteiger partial charge in [0.2, 0.25) is 5.91 Å². The zero-order chi connectivity index (χ0) is 23.1. The Bertz CT molecular complexity index is 927. The number of anilines is 1. The molecule has 1 fully saturated rings. The second-order valence-electron chi connectivity index (χ2n) is 7.90. The molecule has 0 aliphatic carbocycles. The molecule has 2 aromatic rings. The van der Waals surface area contributed by atoms with Crippen LogP contribution in [0.15, 0.2) is 54.7 Å². The summed E-state index contributed by atoms with van der Waals surface area (Å²) in [6.45, 7) is 2.97. The van der Waals surface area contributed by atoms with Crippen molar-refractivity contribution in [3.63, 3.8) is 0 Å². The number of benzene rings is 1. The maximum atomic E-state index is 13.0. The molecule has 0 bridgehead atoms. The molecule has 32 heavy (non-hydrogen) atoms. The van der Waals surface area contributed by atoms with Crippen LogP contribution in [0, 0.1) is 0 Å². The predicted molar refractivity (Wildman–Crippen MR) is 119 cm³/mol. The van der Waals surface area contributed by atoms with Crippen LogP contribution in [0.2, 0.25) is 0 Å². The van der Waals surface area contributed by atoms with Crippen LogP contribution >= 0.6 is 0 Å². The number of aromatic nitrogens is 1.